The minimum atomic E-state index is 0.704. The molecule has 0 aromatic rings. The second-order valence-electron chi connectivity index (χ2n) is 3.74. The Bertz CT molecular complexity index is 276. The fourth-order valence-corrected chi connectivity index (χ4v) is 1.45. The molecular formula is C13H20N2. The largest absolute Gasteiger partial charge is 0.193 e. The highest BCUT2D eigenvalue weighted by atomic mass is 14.3. The molecule has 0 spiro atoms. The van der Waals surface area contributed by atoms with Gasteiger partial charge in [0.2, 0.25) is 0 Å². The zero-order chi connectivity index (χ0) is 11.5. The van der Waals surface area contributed by atoms with E-state index in [1.807, 2.05) is 0 Å². The van der Waals surface area contributed by atoms with Crippen molar-refractivity contribution in [2.75, 3.05) is 0 Å². The van der Waals surface area contributed by atoms with Crippen LogP contribution in [0, 0.1) is 22.7 Å². The SMILES string of the molecule is CCCCC/C(C#N)=C(/C#N)CCCC. The van der Waals surface area contributed by atoms with Crippen molar-refractivity contribution in [1.29, 1.82) is 10.5 Å². The lowest BCUT2D eigenvalue weighted by molar-refractivity contribution is 0.712. The van der Waals surface area contributed by atoms with Crippen LogP contribution in [0.3, 0.4) is 0 Å². The quantitative estimate of drug-likeness (QED) is 0.463. The Morgan fingerprint density at radius 1 is 0.800 bits per heavy atom. The molecule has 0 saturated carbocycles. The second kappa shape index (κ2) is 9.28. The average Bonchev–Trinajstić information content (AvgIpc) is 2.27. The smallest absolute Gasteiger partial charge is 0.0957 e. The van der Waals surface area contributed by atoms with Gasteiger partial charge in [0.15, 0.2) is 0 Å². The monoisotopic (exact) mass is 204 g/mol. The van der Waals surface area contributed by atoms with Crippen LogP contribution in [-0.2, 0) is 0 Å². The summed E-state index contributed by atoms with van der Waals surface area (Å²) < 4.78 is 0. The third-order valence-corrected chi connectivity index (χ3v) is 2.44. The van der Waals surface area contributed by atoms with Gasteiger partial charge in [-0.2, -0.15) is 10.5 Å². The number of nitrogens with zero attached hydrogens (tertiary/aromatic N) is 2. The molecule has 0 atom stereocenters. The predicted molar refractivity (Wildman–Crippen MR) is 61.9 cm³/mol. The number of rotatable bonds is 7. The molecule has 0 aromatic heterocycles. The van der Waals surface area contributed by atoms with E-state index in [4.69, 9.17) is 10.5 Å². The van der Waals surface area contributed by atoms with E-state index in [0.29, 0.717) is 11.1 Å². The van der Waals surface area contributed by atoms with E-state index in [9.17, 15) is 0 Å². The van der Waals surface area contributed by atoms with Gasteiger partial charge in [0, 0.05) is 11.1 Å². The summed E-state index contributed by atoms with van der Waals surface area (Å²) in [6.45, 7) is 4.23. The van der Waals surface area contributed by atoms with Gasteiger partial charge in [0.25, 0.3) is 0 Å². The first-order valence-corrected chi connectivity index (χ1v) is 5.82. The summed E-state index contributed by atoms with van der Waals surface area (Å²) in [5, 5.41) is 17.9. The predicted octanol–water partition coefficient (Wildman–Crippen LogP) is 4.10. The normalized spacial score (nSPS) is 11.5. The molecule has 0 rings (SSSR count). The van der Waals surface area contributed by atoms with Crippen molar-refractivity contribution >= 4 is 0 Å². The maximum Gasteiger partial charge on any atom is 0.0957 e. The minimum Gasteiger partial charge on any atom is -0.193 e. The molecule has 0 heterocycles. The fraction of sp³-hybridized carbons (Fsp3) is 0.692. The van der Waals surface area contributed by atoms with Crippen molar-refractivity contribution < 1.29 is 0 Å². The summed E-state index contributed by atoms with van der Waals surface area (Å²) >= 11 is 0. The van der Waals surface area contributed by atoms with Crippen molar-refractivity contribution in [2.24, 2.45) is 0 Å². The molecule has 0 aliphatic rings. The average molecular weight is 204 g/mol. The van der Waals surface area contributed by atoms with Gasteiger partial charge in [0.1, 0.15) is 0 Å². The van der Waals surface area contributed by atoms with Gasteiger partial charge in [-0.15, -0.1) is 0 Å². The Morgan fingerprint density at radius 3 is 1.67 bits per heavy atom. The first-order chi connectivity index (χ1) is 7.29. The van der Waals surface area contributed by atoms with Gasteiger partial charge in [-0.3, -0.25) is 0 Å². The molecule has 0 aliphatic heterocycles. The number of hydrogen-bond acceptors (Lipinski definition) is 2. The van der Waals surface area contributed by atoms with E-state index >= 15 is 0 Å². The third-order valence-electron chi connectivity index (χ3n) is 2.44. The van der Waals surface area contributed by atoms with E-state index in [1.165, 1.54) is 0 Å². The van der Waals surface area contributed by atoms with Crippen LogP contribution >= 0.6 is 0 Å². The molecule has 82 valence electrons. The fourth-order valence-electron chi connectivity index (χ4n) is 1.45. The number of allylic oxidation sites excluding steroid dienone is 2. The zero-order valence-electron chi connectivity index (χ0n) is 9.84. The Kier molecular flexibility index (Phi) is 8.49. The topological polar surface area (TPSA) is 47.6 Å². The molecule has 0 N–H and O–H groups in total. The van der Waals surface area contributed by atoms with Crippen LogP contribution in [0.4, 0.5) is 0 Å². The highest BCUT2D eigenvalue weighted by Crippen LogP contribution is 2.17. The van der Waals surface area contributed by atoms with Crippen LogP contribution in [0.5, 0.6) is 0 Å². The van der Waals surface area contributed by atoms with Gasteiger partial charge in [-0.1, -0.05) is 33.1 Å². The van der Waals surface area contributed by atoms with Gasteiger partial charge >= 0.3 is 0 Å². The van der Waals surface area contributed by atoms with Crippen molar-refractivity contribution in [2.45, 2.75) is 58.8 Å². The number of hydrogen-bond donors (Lipinski definition) is 0. The Morgan fingerprint density at radius 2 is 1.27 bits per heavy atom. The van der Waals surface area contributed by atoms with Crippen molar-refractivity contribution in [1.82, 2.24) is 0 Å². The van der Waals surface area contributed by atoms with Gasteiger partial charge in [-0.25, -0.2) is 0 Å². The summed E-state index contributed by atoms with van der Waals surface area (Å²) in [5.74, 6) is 0. The van der Waals surface area contributed by atoms with E-state index in [1.54, 1.807) is 0 Å². The molecule has 15 heavy (non-hydrogen) atoms. The standard InChI is InChI=1S/C13H20N2/c1-3-5-7-9-13(11-15)12(10-14)8-6-4-2/h3-9H2,1-2H3/b13-12-. The van der Waals surface area contributed by atoms with Gasteiger partial charge < -0.3 is 0 Å². The maximum atomic E-state index is 8.97. The molecule has 0 radical (unpaired) electrons. The first kappa shape index (κ1) is 13.7. The lowest BCUT2D eigenvalue weighted by atomic mass is 9.99. The summed E-state index contributed by atoms with van der Waals surface area (Å²) in [5.41, 5.74) is 1.41. The van der Waals surface area contributed by atoms with Crippen LogP contribution in [0.15, 0.2) is 11.1 Å². The lowest BCUT2D eigenvalue weighted by Crippen LogP contribution is -1.90. The Balaban J connectivity index is 4.35. The summed E-state index contributed by atoms with van der Waals surface area (Å²) in [4.78, 5) is 0. The van der Waals surface area contributed by atoms with Gasteiger partial charge in [0.05, 0.1) is 12.1 Å². The van der Waals surface area contributed by atoms with Crippen LogP contribution in [0.1, 0.15) is 58.8 Å². The number of nitriles is 2. The molecule has 0 aliphatic carbocycles. The minimum absolute atomic E-state index is 0.704. The molecule has 0 unspecified atom stereocenters. The molecule has 2 nitrogen and oxygen atoms in total. The Hall–Kier alpha value is -1.28. The van der Waals surface area contributed by atoms with E-state index in [0.717, 1.165) is 44.9 Å². The van der Waals surface area contributed by atoms with Crippen molar-refractivity contribution in [3.05, 3.63) is 11.1 Å². The van der Waals surface area contributed by atoms with Crippen LogP contribution in [-0.4, -0.2) is 0 Å². The highest BCUT2D eigenvalue weighted by molar-refractivity contribution is 5.36. The van der Waals surface area contributed by atoms with E-state index < -0.39 is 0 Å². The van der Waals surface area contributed by atoms with Crippen molar-refractivity contribution in [3.8, 4) is 12.1 Å². The molecular weight excluding hydrogens is 184 g/mol. The third kappa shape index (κ3) is 5.92. The highest BCUT2D eigenvalue weighted by Gasteiger charge is 2.05. The molecule has 0 saturated heterocycles. The summed E-state index contributed by atoms with van der Waals surface area (Å²) in [6.07, 6.45) is 6.92. The molecule has 0 aromatic carbocycles. The second-order valence-corrected chi connectivity index (χ2v) is 3.74. The maximum absolute atomic E-state index is 8.97. The molecule has 0 bridgehead atoms. The first-order valence-electron chi connectivity index (χ1n) is 5.82. The lowest BCUT2D eigenvalue weighted by Gasteiger charge is -2.02. The molecule has 0 amide bonds. The van der Waals surface area contributed by atoms with E-state index in [-0.39, 0.29) is 0 Å². The van der Waals surface area contributed by atoms with Gasteiger partial charge in [-0.05, 0) is 25.7 Å². The zero-order valence-corrected chi connectivity index (χ0v) is 9.84. The van der Waals surface area contributed by atoms with Crippen LogP contribution in [0.25, 0.3) is 0 Å². The van der Waals surface area contributed by atoms with Crippen LogP contribution in [0.2, 0.25) is 0 Å². The van der Waals surface area contributed by atoms with Crippen molar-refractivity contribution in [3.63, 3.8) is 0 Å². The summed E-state index contributed by atoms with van der Waals surface area (Å²) in [7, 11) is 0. The van der Waals surface area contributed by atoms with E-state index in [2.05, 4.69) is 26.0 Å². The Labute approximate surface area is 93.2 Å². The molecule has 2 heteroatoms. The number of unbranched alkanes of at least 4 members (excludes halogenated alkanes) is 3. The summed E-state index contributed by atoms with van der Waals surface area (Å²) in [6, 6.07) is 4.35. The molecule has 0 fully saturated rings. The van der Waals surface area contributed by atoms with Crippen LogP contribution < -0.4 is 0 Å².